The molecule has 0 aliphatic heterocycles. The van der Waals surface area contributed by atoms with E-state index >= 15 is 0 Å². The molecule has 1 atom stereocenters. The lowest BCUT2D eigenvalue weighted by Gasteiger charge is -2.24. The lowest BCUT2D eigenvalue weighted by Crippen LogP contribution is -2.18. The second-order valence-corrected chi connectivity index (χ2v) is 23.3. The molecule has 0 fully saturated rings. The Balaban J connectivity index is 0.000000519. The van der Waals surface area contributed by atoms with E-state index in [1.165, 1.54) is 24.5 Å². The number of aromatic amines is 1. The monoisotopic (exact) mass is 1410 g/mol. The molecule has 0 amide bonds. The van der Waals surface area contributed by atoms with E-state index < -0.39 is 5.97 Å². The Labute approximate surface area is 556 Å². The number of nitrogens with zero attached hydrogens (tertiary/aromatic N) is 10. The molecule has 32 heteroatoms. The van der Waals surface area contributed by atoms with Crippen LogP contribution in [0.3, 0.4) is 0 Å². The number of aliphatic carboxylic acids is 1. The Bertz CT molecular complexity index is 4110. The summed E-state index contributed by atoms with van der Waals surface area (Å²) in [6.45, 7) is 12.2. The minimum absolute atomic E-state index is 0.167. The number of fused-ring (bicyclic) bond motifs is 4. The summed E-state index contributed by atoms with van der Waals surface area (Å²) in [7, 11) is 0. The third-order valence-electron chi connectivity index (χ3n) is 9.80. The number of rotatable bonds is 3. The van der Waals surface area contributed by atoms with Crippen molar-refractivity contribution in [2.75, 3.05) is 11.5 Å². The number of benzene rings is 5. The van der Waals surface area contributed by atoms with Crippen LogP contribution in [0.15, 0.2) is 90.2 Å². The number of nitrogens with one attached hydrogen (secondary N) is 1. The number of nitrogens with two attached hydrogens (primary N) is 2. The fraction of sp³-hybridized carbons (Fsp3) is 0.196. The van der Waals surface area contributed by atoms with Crippen LogP contribution in [0.2, 0.25) is 55.4 Å². The number of nitriles is 3. The number of halogens is 11. The Hall–Kier alpha value is -7.58. The molecule has 21 nitrogen and oxygen atoms in total. The molecule has 1 unspecified atom stereocenters. The molecule has 0 spiro atoms. The van der Waals surface area contributed by atoms with Gasteiger partial charge in [-0.25, -0.2) is 24.7 Å². The molecule has 4 aromatic heterocycles. The van der Waals surface area contributed by atoms with Gasteiger partial charge in [0, 0.05) is 6.42 Å². The van der Waals surface area contributed by atoms with Gasteiger partial charge in [0.2, 0.25) is 6.29 Å². The number of aldehydes is 1. The van der Waals surface area contributed by atoms with Gasteiger partial charge in [-0.3, -0.25) is 24.5 Å². The molecule has 458 valence electrons. The van der Waals surface area contributed by atoms with E-state index in [4.69, 9.17) is 183 Å². The van der Waals surface area contributed by atoms with E-state index in [1.807, 2.05) is 26.8 Å². The molecule has 6 N–H and O–H groups in total. The zero-order valence-electron chi connectivity index (χ0n) is 46.2. The van der Waals surface area contributed by atoms with E-state index in [2.05, 4.69) is 72.8 Å². The van der Waals surface area contributed by atoms with Gasteiger partial charge in [-0.1, -0.05) is 169 Å². The highest BCUT2D eigenvalue weighted by molar-refractivity contribution is 6.45. The second kappa shape index (κ2) is 38.6. The highest BCUT2D eigenvalue weighted by atomic mass is 35.5. The summed E-state index contributed by atoms with van der Waals surface area (Å²) in [5.41, 5.74) is 17.9. The van der Waals surface area contributed by atoms with Gasteiger partial charge in [0.1, 0.15) is 5.15 Å². The Kier molecular flexibility index (Phi) is 34.4. The maximum Gasteiger partial charge on any atom is 0.373 e. The quantitative estimate of drug-likeness (QED) is 0.0725. The number of carboxylic acids is 1. The number of hydrogen-bond acceptors (Lipinski definition) is 19. The van der Waals surface area contributed by atoms with Crippen LogP contribution in [0.4, 0.5) is 11.4 Å². The van der Waals surface area contributed by atoms with Crippen molar-refractivity contribution >= 4 is 208 Å². The average Bonchev–Trinajstić information content (AvgIpc) is 3.64. The van der Waals surface area contributed by atoms with Gasteiger partial charge in [0.25, 0.3) is 5.56 Å². The van der Waals surface area contributed by atoms with Gasteiger partial charge in [-0.2, -0.15) is 35.0 Å². The predicted octanol–water partition coefficient (Wildman–Crippen LogP) is 15.6. The number of anilines is 2. The van der Waals surface area contributed by atoms with Crippen molar-refractivity contribution in [2.24, 2.45) is 10.8 Å². The topological polar surface area (TPSA) is 369 Å². The molecule has 88 heavy (non-hydrogen) atoms. The van der Waals surface area contributed by atoms with Crippen molar-refractivity contribution in [1.82, 2.24) is 39.9 Å². The van der Waals surface area contributed by atoms with E-state index in [-0.39, 0.29) is 47.3 Å². The SMILES string of the molecule is CC(C)(C)C(C#N)c1cnc2cc(Cl)c(Cl)cc2n1.CC(C)(C)CC#N.Clc1cnc2cc(Cl)c(Cl)cc2n1.N#CCc1cnc2cc(Cl)c(Cl)cc2n1.Nc1cc(Cl)c(Cl)cc1N.O=C=O.O=C=O.O=CC(=O)O.O=c1cnc2cc(Cl)c(Cl)cc2[nH]1. The number of carbonyl (C=O) groups excluding carboxylic acids is 5. The summed E-state index contributed by atoms with van der Waals surface area (Å²) in [5.74, 6) is -1.75. The number of carboxylic acid groups (broad SMARTS) is 1. The van der Waals surface area contributed by atoms with Crippen molar-refractivity contribution in [1.29, 1.82) is 15.8 Å². The molecule has 0 aliphatic carbocycles. The lowest BCUT2D eigenvalue weighted by atomic mass is 9.80. The van der Waals surface area contributed by atoms with Crippen LogP contribution in [0.1, 0.15) is 65.3 Å². The predicted molar refractivity (Wildman–Crippen MR) is 342 cm³/mol. The van der Waals surface area contributed by atoms with Crippen LogP contribution in [-0.2, 0) is 35.2 Å². The van der Waals surface area contributed by atoms with Crippen LogP contribution >= 0.6 is 128 Å². The zero-order valence-corrected chi connectivity index (χ0v) is 54.6. The van der Waals surface area contributed by atoms with E-state index in [1.54, 1.807) is 60.9 Å². The first-order valence-corrected chi connectivity index (χ1v) is 27.9. The van der Waals surface area contributed by atoms with Crippen LogP contribution in [0.5, 0.6) is 0 Å². The number of carbonyl (C=O) groups is 2. The van der Waals surface area contributed by atoms with Gasteiger partial charge in [-0.15, -0.1) is 0 Å². The van der Waals surface area contributed by atoms with Crippen molar-refractivity contribution in [2.45, 2.75) is 60.3 Å². The molecule has 5 aromatic carbocycles. The molecule has 9 rings (SSSR count). The number of aromatic nitrogens is 8. The fourth-order valence-electron chi connectivity index (χ4n) is 5.91. The van der Waals surface area contributed by atoms with Crippen molar-refractivity contribution in [3.8, 4) is 18.2 Å². The van der Waals surface area contributed by atoms with Crippen molar-refractivity contribution in [3.05, 3.63) is 163 Å². The molecule has 0 saturated heterocycles. The number of hydrogen-bond donors (Lipinski definition) is 4. The average molecular weight is 1420 g/mol. The first-order valence-electron chi connectivity index (χ1n) is 23.8. The summed E-state index contributed by atoms with van der Waals surface area (Å²) < 4.78 is 0. The molecule has 9 aromatic rings. The van der Waals surface area contributed by atoms with E-state index in [9.17, 15) is 10.1 Å². The van der Waals surface area contributed by atoms with Gasteiger partial charge in [-0.05, 0) is 71.5 Å². The zero-order chi connectivity index (χ0) is 67.2. The van der Waals surface area contributed by atoms with E-state index in [0.717, 1.165) is 0 Å². The molecule has 4 heterocycles. The van der Waals surface area contributed by atoms with Gasteiger partial charge in [0.05, 0.1) is 172 Å². The first kappa shape index (κ1) is 78.4. The smallest absolute Gasteiger partial charge is 0.373 e. The lowest BCUT2D eigenvalue weighted by molar-refractivity contribution is -0.193. The molecule has 0 radical (unpaired) electrons. The van der Waals surface area contributed by atoms with Gasteiger partial charge in [0.15, 0.2) is 0 Å². The van der Waals surface area contributed by atoms with Crippen LogP contribution < -0.4 is 17.0 Å². The third-order valence-corrected chi connectivity index (χ3v) is 13.6. The minimum atomic E-state index is -1.43. The summed E-state index contributed by atoms with van der Waals surface area (Å²) >= 11 is 63.6. The Morgan fingerprint density at radius 1 is 0.545 bits per heavy atom. The Morgan fingerprint density at radius 2 is 0.898 bits per heavy atom. The largest absolute Gasteiger partial charge is 0.476 e. The summed E-state index contributed by atoms with van der Waals surface area (Å²) in [6.07, 6.45) is 7.08. The van der Waals surface area contributed by atoms with Crippen molar-refractivity contribution < 1.29 is 33.9 Å². The Morgan fingerprint density at radius 3 is 1.27 bits per heavy atom. The highest BCUT2D eigenvalue weighted by Gasteiger charge is 2.28. The molecule has 0 aliphatic rings. The molecule has 0 bridgehead atoms. The fourth-order valence-corrected chi connectivity index (χ4v) is 7.67. The normalized spacial score (nSPS) is 10.2. The molecular weight excluding hydrogens is 1370 g/mol. The van der Waals surface area contributed by atoms with Crippen LogP contribution in [0.25, 0.3) is 44.1 Å². The molecule has 0 saturated carbocycles. The first-order chi connectivity index (χ1) is 41.1. The highest BCUT2D eigenvalue weighted by Crippen LogP contribution is 2.35. The maximum absolute atomic E-state index is 10.9. The van der Waals surface area contributed by atoms with Crippen molar-refractivity contribution in [3.63, 3.8) is 0 Å². The third kappa shape index (κ3) is 28.1. The van der Waals surface area contributed by atoms with E-state index in [0.29, 0.717) is 129 Å². The standard InChI is InChI=1S/C14H13Cl2N3.C10H5Cl2N3.C8H3Cl3N2.C8H4Cl2N2O.C6H6Cl2N2.C6H11N.C2H2O3.2CO2/c1-14(2,3)8(6-17)13-7-18-11-4-9(15)10(16)5-12(11)19-13;11-7-3-9-10(4-8(7)12)15-6(1-2-13)5-14-9;9-4-1-6-7(2-5(4)10)13-8(11)3-12-6;9-4-1-6-7(2-5(4)10)12-8(13)3-11-6;7-3-1-5(9)6(10)2-4(3)8;1-6(2,3)4-5-7;3-1-2(4)5;2*2-1-3/h4-5,7-8H,1-3H3;3-5H,1H2;1-3H;1-3H,(H,12,13);1-2H,9-10H2;4H2,1-3H3;1H,(H,4,5);;. The maximum atomic E-state index is 10.9. The van der Waals surface area contributed by atoms with Crippen LogP contribution in [0, 0.1) is 44.8 Å². The second-order valence-electron chi connectivity index (χ2n) is 18.8. The summed E-state index contributed by atoms with van der Waals surface area (Å²) in [5, 5.41) is 38.1. The molecular formula is C56H44Cl11N13O8. The number of nitrogen functional groups attached to an aromatic ring is 2. The minimum Gasteiger partial charge on any atom is -0.476 e. The van der Waals surface area contributed by atoms with Gasteiger partial charge >= 0.3 is 18.3 Å². The summed E-state index contributed by atoms with van der Waals surface area (Å²) in [6, 6.07) is 22.6. The van der Waals surface area contributed by atoms with Gasteiger partial charge < -0.3 is 21.6 Å². The summed E-state index contributed by atoms with van der Waals surface area (Å²) in [4.78, 5) is 93.0. The van der Waals surface area contributed by atoms with Crippen LogP contribution in [-0.4, -0.2) is 69.5 Å². The number of H-pyrrole nitrogens is 1.